The van der Waals surface area contributed by atoms with Crippen LogP contribution in [0.25, 0.3) is 0 Å². The number of hydrogen-bond donors (Lipinski definition) is 1. The molecule has 6 nitrogen and oxygen atoms in total. The summed E-state index contributed by atoms with van der Waals surface area (Å²) >= 11 is 5.81. The number of nitro groups is 1. The van der Waals surface area contributed by atoms with Crippen molar-refractivity contribution in [2.24, 2.45) is 5.73 Å². The Labute approximate surface area is 109 Å². The van der Waals surface area contributed by atoms with E-state index in [0.717, 1.165) is 18.9 Å². The van der Waals surface area contributed by atoms with E-state index in [9.17, 15) is 14.9 Å². The zero-order valence-corrected chi connectivity index (χ0v) is 10.6. The molecule has 0 atom stereocenters. The highest BCUT2D eigenvalue weighted by Crippen LogP contribution is 2.33. The van der Waals surface area contributed by atoms with Gasteiger partial charge >= 0.3 is 5.69 Å². The number of nitro benzene ring substituents is 1. The summed E-state index contributed by atoms with van der Waals surface area (Å²) in [6.07, 6.45) is 1.67. The van der Waals surface area contributed by atoms with Gasteiger partial charge in [-0.3, -0.25) is 14.9 Å². The molecule has 0 aromatic heterocycles. The van der Waals surface area contributed by atoms with E-state index in [1.807, 2.05) is 6.92 Å². The molecule has 18 heavy (non-hydrogen) atoms. The highest BCUT2D eigenvalue weighted by atomic mass is 35.5. The maximum Gasteiger partial charge on any atom is 0.311 e. The topological polar surface area (TPSA) is 95.5 Å². The number of benzene rings is 1. The lowest BCUT2D eigenvalue weighted by Crippen LogP contribution is -2.12. The zero-order chi connectivity index (χ0) is 13.7. The van der Waals surface area contributed by atoms with Crippen LogP contribution in [0.3, 0.4) is 0 Å². The molecule has 0 saturated carbocycles. The lowest BCUT2D eigenvalue weighted by Gasteiger charge is -2.08. The molecule has 0 fully saturated rings. The fourth-order valence-electron chi connectivity index (χ4n) is 1.32. The highest BCUT2D eigenvalue weighted by Gasteiger charge is 2.21. The summed E-state index contributed by atoms with van der Waals surface area (Å²) in [5.74, 6) is -0.772. The van der Waals surface area contributed by atoms with Crippen molar-refractivity contribution in [3.63, 3.8) is 0 Å². The first-order valence-corrected chi connectivity index (χ1v) is 5.75. The van der Waals surface area contributed by atoms with E-state index < -0.39 is 10.8 Å². The lowest BCUT2D eigenvalue weighted by molar-refractivity contribution is -0.385. The quantitative estimate of drug-likeness (QED) is 0.489. The zero-order valence-electron chi connectivity index (χ0n) is 9.81. The molecule has 0 aliphatic heterocycles. The van der Waals surface area contributed by atoms with E-state index in [-0.39, 0.29) is 22.0 Å². The van der Waals surface area contributed by atoms with Crippen LogP contribution in [0.1, 0.15) is 30.1 Å². The van der Waals surface area contributed by atoms with Crippen LogP contribution in [0.2, 0.25) is 5.02 Å². The largest absolute Gasteiger partial charge is 0.487 e. The van der Waals surface area contributed by atoms with Gasteiger partial charge in [0.05, 0.1) is 22.1 Å². The molecule has 2 N–H and O–H groups in total. The molecular formula is C11H13ClN2O4. The van der Waals surface area contributed by atoms with Crippen LogP contribution in [-0.4, -0.2) is 17.4 Å². The molecule has 1 rings (SSSR count). The van der Waals surface area contributed by atoms with Gasteiger partial charge in [0, 0.05) is 12.1 Å². The number of rotatable bonds is 6. The van der Waals surface area contributed by atoms with Gasteiger partial charge in [0.2, 0.25) is 5.91 Å². The van der Waals surface area contributed by atoms with Crippen LogP contribution in [0.5, 0.6) is 5.75 Å². The summed E-state index contributed by atoms with van der Waals surface area (Å²) in [6, 6.07) is 2.28. The van der Waals surface area contributed by atoms with E-state index >= 15 is 0 Å². The summed E-state index contributed by atoms with van der Waals surface area (Å²) in [7, 11) is 0. The Kier molecular flexibility index (Phi) is 4.91. The van der Waals surface area contributed by atoms with E-state index in [1.165, 1.54) is 6.07 Å². The first-order chi connectivity index (χ1) is 8.47. The minimum Gasteiger partial charge on any atom is -0.487 e. The average Bonchev–Trinajstić information content (AvgIpc) is 2.28. The maximum atomic E-state index is 11.0. The molecule has 0 spiro atoms. The molecule has 0 radical (unpaired) electrons. The standard InChI is InChI=1S/C11H13ClN2O4/c1-2-3-4-18-10-6-8(12)7(11(13)15)5-9(10)14(16)17/h5-6H,2-4H2,1H3,(H2,13,15). The number of hydrogen-bond acceptors (Lipinski definition) is 4. The van der Waals surface area contributed by atoms with Crippen molar-refractivity contribution in [3.8, 4) is 5.75 Å². The van der Waals surface area contributed by atoms with E-state index in [0.29, 0.717) is 6.61 Å². The molecule has 7 heteroatoms. The predicted octanol–water partition coefficient (Wildman–Crippen LogP) is 2.53. The second-order valence-corrected chi connectivity index (χ2v) is 4.03. The number of halogens is 1. The Hall–Kier alpha value is -1.82. The average molecular weight is 273 g/mol. The molecular weight excluding hydrogens is 260 g/mol. The fraction of sp³-hybridized carbons (Fsp3) is 0.364. The monoisotopic (exact) mass is 272 g/mol. The third-order valence-corrected chi connectivity index (χ3v) is 2.58. The minimum absolute atomic E-state index is 0.0413. The Morgan fingerprint density at radius 1 is 1.56 bits per heavy atom. The lowest BCUT2D eigenvalue weighted by atomic mass is 10.1. The van der Waals surface area contributed by atoms with E-state index in [2.05, 4.69) is 0 Å². The number of primary amides is 1. The predicted molar refractivity (Wildman–Crippen MR) is 67.0 cm³/mol. The van der Waals surface area contributed by atoms with Crippen molar-refractivity contribution in [3.05, 3.63) is 32.8 Å². The number of nitrogens with two attached hydrogens (primary N) is 1. The number of carbonyl (C=O) groups is 1. The number of carbonyl (C=O) groups excluding carboxylic acids is 1. The van der Waals surface area contributed by atoms with Gasteiger partial charge in [-0.1, -0.05) is 24.9 Å². The molecule has 0 bridgehead atoms. The van der Waals surface area contributed by atoms with Crippen LogP contribution < -0.4 is 10.5 Å². The number of amides is 1. The molecule has 0 saturated heterocycles. The molecule has 1 aromatic carbocycles. The van der Waals surface area contributed by atoms with Gasteiger partial charge in [0.25, 0.3) is 0 Å². The summed E-state index contributed by atoms with van der Waals surface area (Å²) < 4.78 is 5.28. The third-order valence-electron chi connectivity index (χ3n) is 2.27. The molecule has 0 unspecified atom stereocenters. The normalized spacial score (nSPS) is 10.1. The van der Waals surface area contributed by atoms with Crippen molar-refractivity contribution >= 4 is 23.2 Å². The molecule has 1 aromatic rings. The number of ether oxygens (including phenoxy) is 1. The van der Waals surface area contributed by atoms with Crippen molar-refractivity contribution in [1.29, 1.82) is 0 Å². The Balaban J connectivity index is 3.12. The second-order valence-electron chi connectivity index (χ2n) is 3.62. The van der Waals surface area contributed by atoms with Gasteiger partial charge in [-0.2, -0.15) is 0 Å². The van der Waals surface area contributed by atoms with Crippen LogP contribution in [0.4, 0.5) is 5.69 Å². The Bertz CT molecular complexity index is 476. The summed E-state index contributed by atoms with van der Waals surface area (Å²) in [5, 5.41) is 10.9. The van der Waals surface area contributed by atoms with Gasteiger partial charge in [0.15, 0.2) is 5.75 Å². The third kappa shape index (κ3) is 3.33. The number of nitrogens with zero attached hydrogens (tertiary/aromatic N) is 1. The smallest absolute Gasteiger partial charge is 0.311 e. The Morgan fingerprint density at radius 2 is 2.22 bits per heavy atom. The Morgan fingerprint density at radius 3 is 2.72 bits per heavy atom. The fourth-order valence-corrected chi connectivity index (χ4v) is 1.56. The maximum absolute atomic E-state index is 11.0. The molecule has 98 valence electrons. The van der Waals surface area contributed by atoms with Crippen LogP contribution in [0, 0.1) is 10.1 Å². The summed E-state index contributed by atoms with van der Waals surface area (Å²) in [4.78, 5) is 21.3. The van der Waals surface area contributed by atoms with Gasteiger partial charge in [-0.05, 0) is 6.42 Å². The van der Waals surface area contributed by atoms with Crippen molar-refractivity contribution < 1.29 is 14.5 Å². The van der Waals surface area contributed by atoms with Crippen LogP contribution in [0.15, 0.2) is 12.1 Å². The molecule has 0 heterocycles. The highest BCUT2D eigenvalue weighted by molar-refractivity contribution is 6.34. The summed E-state index contributed by atoms with van der Waals surface area (Å²) in [6.45, 7) is 2.32. The number of unbranched alkanes of at least 4 members (excludes halogenated alkanes) is 1. The first kappa shape index (κ1) is 14.2. The molecule has 1 amide bonds. The van der Waals surface area contributed by atoms with Crippen molar-refractivity contribution in [2.45, 2.75) is 19.8 Å². The van der Waals surface area contributed by atoms with Crippen LogP contribution >= 0.6 is 11.6 Å². The van der Waals surface area contributed by atoms with Crippen LogP contribution in [-0.2, 0) is 0 Å². The first-order valence-electron chi connectivity index (χ1n) is 5.38. The minimum atomic E-state index is -0.816. The molecule has 0 aliphatic rings. The van der Waals surface area contributed by atoms with Crippen molar-refractivity contribution in [2.75, 3.05) is 6.61 Å². The van der Waals surface area contributed by atoms with Gasteiger partial charge in [-0.15, -0.1) is 0 Å². The van der Waals surface area contributed by atoms with Gasteiger partial charge in [0.1, 0.15) is 0 Å². The SMILES string of the molecule is CCCCOc1cc(Cl)c(C(N)=O)cc1[N+](=O)[O-]. The second kappa shape index (κ2) is 6.20. The van der Waals surface area contributed by atoms with E-state index in [4.69, 9.17) is 22.1 Å². The molecule has 0 aliphatic carbocycles. The van der Waals surface area contributed by atoms with Gasteiger partial charge in [-0.25, -0.2) is 0 Å². The summed E-state index contributed by atoms with van der Waals surface area (Å²) in [5.41, 5.74) is 4.66. The van der Waals surface area contributed by atoms with E-state index in [1.54, 1.807) is 0 Å². The van der Waals surface area contributed by atoms with Crippen molar-refractivity contribution in [1.82, 2.24) is 0 Å². The van der Waals surface area contributed by atoms with Gasteiger partial charge < -0.3 is 10.5 Å².